The predicted molar refractivity (Wildman–Crippen MR) is 80.3 cm³/mol. The van der Waals surface area contributed by atoms with Gasteiger partial charge in [-0.1, -0.05) is 32.9 Å². The van der Waals surface area contributed by atoms with Crippen LogP contribution in [0.4, 0.5) is 0 Å². The van der Waals surface area contributed by atoms with Crippen molar-refractivity contribution in [1.29, 1.82) is 0 Å². The minimum absolute atomic E-state index is 0.214. The topological polar surface area (TPSA) is 35.2 Å². The van der Waals surface area contributed by atoms with Crippen molar-refractivity contribution in [3.63, 3.8) is 0 Å². The van der Waals surface area contributed by atoms with E-state index in [1.807, 2.05) is 13.0 Å². The molecule has 1 saturated carbocycles. The van der Waals surface area contributed by atoms with Crippen molar-refractivity contribution < 1.29 is 4.74 Å². The molecule has 1 aromatic carbocycles. The van der Waals surface area contributed by atoms with Crippen LogP contribution in [0, 0.1) is 11.3 Å². The summed E-state index contributed by atoms with van der Waals surface area (Å²) in [6.45, 7) is 9.68. The van der Waals surface area contributed by atoms with Gasteiger partial charge < -0.3 is 10.5 Å². The van der Waals surface area contributed by atoms with Gasteiger partial charge in [0.05, 0.1) is 6.61 Å². The van der Waals surface area contributed by atoms with Crippen LogP contribution >= 0.6 is 0 Å². The monoisotopic (exact) mass is 261 g/mol. The van der Waals surface area contributed by atoms with Crippen LogP contribution in [0.3, 0.4) is 0 Å². The van der Waals surface area contributed by atoms with Crippen molar-refractivity contribution in [1.82, 2.24) is 0 Å². The predicted octanol–water partition coefficient (Wildman–Crippen LogP) is 4.09. The Labute approximate surface area is 117 Å². The molecule has 1 fully saturated rings. The first-order valence-electron chi connectivity index (χ1n) is 7.37. The first kappa shape index (κ1) is 14.4. The van der Waals surface area contributed by atoms with Crippen molar-refractivity contribution in [2.75, 3.05) is 6.61 Å². The van der Waals surface area contributed by atoms with Crippen LogP contribution in [-0.4, -0.2) is 6.61 Å². The lowest BCUT2D eigenvalue weighted by Crippen LogP contribution is -2.46. The molecule has 0 spiro atoms. The maximum absolute atomic E-state index is 6.76. The third-order valence-electron chi connectivity index (χ3n) is 4.13. The van der Waals surface area contributed by atoms with E-state index in [9.17, 15) is 0 Å². The van der Waals surface area contributed by atoms with Crippen LogP contribution in [0.25, 0.3) is 0 Å². The molecule has 1 aliphatic carbocycles. The van der Waals surface area contributed by atoms with Gasteiger partial charge in [0.15, 0.2) is 0 Å². The summed E-state index contributed by atoms with van der Waals surface area (Å²) in [6.07, 6.45) is 3.36. The van der Waals surface area contributed by atoms with Crippen molar-refractivity contribution in [2.45, 2.75) is 52.5 Å². The lowest BCUT2D eigenvalue weighted by Gasteiger charge is -2.46. The summed E-state index contributed by atoms with van der Waals surface area (Å²) in [5.41, 5.74) is 8.08. The molecule has 1 aliphatic rings. The number of benzene rings is 1. The zero-order valence-electron chi connectivity index (χ0n) is 12.7. The molecule has 106 valence electrons. The zero-order chi connectivity index (χ0) is 14.1. The Morgan fingerprint density at radius 2 is 2.05 bits per heavy atom. The van der Waals surface area contributed by atoms with Gasteiger partial charge in [0.1, 0.15) is 5.75 Å². The minimum atomic E-state index is -0.214. The van der Waals surface area contributed by atoms with E-state index in [-0.39, 0.29) is 5.54 Å². The molecule has 2 heteroatoms. The highest BCUT2D eigenvalue weighted by Crippen LogP contribution is 2.47. The summed E-state index contributed by atoms with van der Waals surface area (Å²) in [5.74, 6) is 1.60. The Balaban J connectivity index is 2.30. The first-order valence-corrected chi connectivity index (χ1v) is 7.37. The van der Waals surface area contributed by atoms with Crippen LogP contribution < -0.4 is 10.5 Å². The average molecular weight is 261 g/mol. The Morgan fingerprint density at radius 1 is 1.32 bits per heavy atom. The van der Waals surface area contributed by atoms with Crippen LogP contribution in [0.2, 0.25) is 0 Å². The number of rotatable bonds is 3. The van der Waals surface area contributed by atoms with Gasteiger partial charge in [-0.2, -0.15) is 0 Å². The van der Waals surface area contributed by atoms with Gasteiger partial charge in [0.25, 0.3) is 0 Å². The van der Waals surface area contributed by atoms with E-state index in [0.29, 0.717) is 17.9 Å². The molecule has 2 rings (SSSR count). The fourth-order valence-corrected chi connectivity index (χ4v) is 3.92. The average Bonchev–Trinajstić information content (AvgIpc) is 2.26. The Kier molecular flexibility index (Phi) is 3.91. The molecule has 2 nitrogen and oxygen atoms in total. The second-order valence-corrected chi connectivity index (χ2v) is 6.97. The molecule has 2 N–H and O–H groups in total. The van der Waals surface area contributed by atoms with E-state index in [2.05, 4.69) is 39.0 Å². The summed E-state index contributed by atoms with van der Waals surface area (Å²) >= 11 is 0. The summed E-state index contributed by atoms with van der Waals surface area (Å²) < 4.78 is 5.61. The first-order chi connectivity index (χ1) is 8.85. The largest absolute Gasteiger partial charge is 0.494 e. The van der Waals surface area contributed by atoms with Gasteiger partial charge >= 0.3 is 0 Å². The molecule has 2 unspecified atom stereocenters. The fourth-order valence-electron chi connectivity index (χ4n) is 3.92. The van der Waals surface area contributed by atoms with Gasteiger partial charge in [0.2, 0.25) is 0 Å². The van der Waals surface area contributed by atoms with Gasteiger partial charge in [0, 0.05) is 5.54 Å². The van der Waals surface area contributed by atoms with Crippen LogP contribution in [0.1, 0.15) is 52.5 Å². The minimum Gasteiger partial charge on any atom is -0.494 e. The zero-order valence-corrected chi connectivity index (χ0v) is 12.7. The highest BCUT2D eigenvalue weighted by Gasteiger charge is 2.41. The summed E-state index contributed by atoms with van der Waals surface area (Å²) in [4.78, 5) is 0. The molecular weight excluding hydrogens is 234 g/mol. The Morgan fingerprint density at radius 3 is 2.68 bits per heavy atom. The van der Waals surface area contributed by atoms with E-state index in [0.717, 1.165) is 18.6 Å². The number of ether oxygens (including phenoxy) is 1. The van der Waals surface area contributed by atoms with Crippen molar-refractivity contribution in [3.8, 4) is 5.75 Å². The lowest BCUT2D eigenvalue weighted by atomic mass is 9.62. The van der Waals surface area contributed by atoms with Crippen LogP contribution in [0.5, 0.6) is 5.75 Å². The Bertz CT molecular complexity index is 441. The summed E-state index contributed by atoms with van der Waals surface area (Å²) in [5, 5.41) is 0. The van der Waals surface area contributed by atoms with E-state index < -0.39 is 0 Å². The molecule has 0 aromatic heterocycles. The number of hydrogen-bond acceptors (Lipinski definition) is 2. The Hall–Kier alpha value is -1.02. The SMILES string of the molecule is CCOc1cccc(C2(N)CC(C)CC(C)(C)C2)c1. The van der Waals surface area contributed by atoms with Crippen LogP contribution in [0.15, 0.2) is 24.3 Å². The quantitative estimate of drug-likeness (QED) is 0.889. The molecule has 2 atom stereocenters. The molecule has 0 amide bonds. The second-order valence-electron chi connectivity index (χ2n) is 6.97. The lowest BCUT2D eigenvalue weighted by molar-refractivity contribution is 0.107. The summed E-state index contributed by atoms with van der Waals surface area (Å²) in [7, 11) is 0. The van der Waals surface area contributed by atoms with E-state index in [4.69, 9.17) is 10.5 Å². The highest BCUT2D eigenvalue weighted by atomic mass is 16.5. The normalized spacial score (nSPS) is 30.1. The van der Waals surface area contributed by atoms with E-state index in [1.165, 1.54) is 12.0 Å². The molecule has 19 heavy (non-hydrogen) atoms. The molecule has 0 bridgehead atoms. The molecule has 1 aromatic rings. The second kappa shape index (κ2) is 5.16. The third-order valence-corrected chi connectivity index (χ3v) is 4.13. The van der Waals surface area contributed by atoms with Crippen molar-refractivity contribution in [3.05, 3.63) is 29.8 Å². The molecular formula is C17H27NO. The standard InChI is InChI=1S/C17H27NO/c1-5-19-15-8-6-7-14(9-15)17(18)11-13(2)10-16(3,4)12-17/h6-9,13H,5,10-12,18H2,1-4H3. The van der Waals surface area contributed by atoms with Crippen LogP contribution in [-0.2, 0) is 5.54 Å². The highest BCUT2D eigenvalue weighted by molar-refractivity contribution is 5.34. The molecule has 0 radical (unpaired) electrons. The van der Waals surface area contributed by atoms with Crippen molar-refractivity contribution >= 4 is 0 Å². The van der Waals surface area contributed by atoms with Gasteiger partial charge in [-0.05, 0) is 55.2 Å². The van der Waals surface area contributed by atoms with Gasteiger partial charge in [-0.15, -0.1) is 0 Å². The third kappa shape index (κ3) is 3.30. The number of nitrogens with two attached hydrogens (primary N) is 1. The fraction of sp³-hybridized carbons (Fsp3) is 0.647. The molecule has 0 saturated heterocycles. The number of hydrogen-bond donors (Lipinski definition) is 1. The van der Waals surface area contributed by atoms with Gasteiger partial charge in [-0.3, -0.25) is 0 Å². The van der Waals surface area contributed by atoms with E-state index >= 15 is 0 Å². The van der Waals surface area contributed by atoms with Crippen molar-refractivity contribution in [2.24, 2.45) is 17.1 Å². The maximum Gasteiger partial charge on any atom is 0.119 e. The molecule has 0 heterocycles. The van der Waals surface area contributed by atoms with E-state index in [1.54, 1.807) is 0 Å². The van der Waals surface area contributed by atoms with Gasteiger partial charge in [-0.25, -0.2) is 0 Å². The summed E-state index contributed by atoms with van der Waals surface area (Å²) in [6, 6.07) is 8.34. The smallest absolute Gasteiger partial charge is 0.119 e. The molecule has 0 aliphatic heterocycles. The maximum atomic E-state index is 6.76.